The summed E-state index contributed by atoms with van der Waals surface area (Å²) in [5.41, 5.74) is -0.592. The Bertz CT molecular complexity index is 831. The summed E-state index contributed by atoms with van der Waals surface area (Å²) in [5, 5.41) is 10.1. The number of carbonyl (C=O) groups excluding carboxylic acids is 1. The highest BCUT2D eigenvalue weighted by atomic mass is 32.2. The number of rotatable bonds is 7. The van der Waals surface area contributed by atoms with E-state index < -0.39 is 23.1 Å². The van der Waals surface area contributed by atoms with E-state index in [4.69, 9.17) is 4.42 Å². The van der Waals surface area contributed by atoms with Crippen LogP contribution in [-0.4, -0.2) is 18.2 Å². The molecule has 0 saturated heterocycles. The van der Waals surface area contributed by atoms with Gasteiger partial charge in [-0.05, 0) is 18.1 Å². The molecular formula is C19H21FO5S. The molecule has 2 aromatic rings. The van der Waals surface area contributed by atoms with Crippen LogP contribution in [0.15, 0.2) is 44.4 Å². The highest BCUT2D eigenvalue weighted by molar-refractivity contribution is 7.98. The van der Waals surface area contributed by atoms with Crippen molar-refractivity contribution in [2.24, 2.45) is 5.92 Å². The van der Waals surface area contributed by atoms with Crippen LogP contribution in [0.2, 0.25) is 0 Å². The molecule has 0 fully saturated rings. The van der Waals surface area contributed by atoms with E-state index in [0.29, 0.717) is 10.7 Å². The van der Waals surface area contributed by atoms with Gasteiger partial charge in [-0.3, -0.25) is 9.59 Å². The van der Waals surface area contributed by atoms with Crippen LogP contribution in [0.5, 0.6) is 5.75 Å². The lowest BCUT2D eigenvalue weighted by molar-refractivity contribution is -0.141. The monoisotopic (exact) mass is 380 g/mol. The lowest BCUT2D eigenvalue weighted by Crippen LogP contribution is -2.16. The molecule has 26 heavy (non-hydrogen) atoms. The van der Waals surface area contributed by atoms with Crippen LogP contribution in [0.25, 0.3) is 0 Å². The van der Waals surface area contributed by atoms with E-state index >= 15 is 0 Å². The standard InChI is InChI=1S/C19H21FO5S/c1-11(2)13(9-17(22)24-3)19-18(23)15(21)8-12(25-19)10-26-16-7-5-4-6-14(16)20/h4-8,11,13,23H,9-10H2,1-3H3/t13-/m1/s1. The Morgan fingerprint density at radius 3 is 2.65 bits per heavy atom. The molecule has 2 rings (SSSR count). The first-order chi connectivity index (χ1) is 12.3. The van der Waals surface area contributed by atoms with Gasteiger partial charge in [0.25, 0.3) is 0 Å². The average Bonchev–Trinajstić information content (AvgIpc) is 2.61. The van der Waals surface area contributed by atoms with Gasteiger partial charge in [0, 0.05) is 16.9 Å². The van der Waals surface area contributed by atoms with Crippen molar-refractivity contribution in [3.8, 4) is 5.75 Å². The molecule has 1 atom stereocenters. The molecule has 0 spiro atoms. The SMILES string of the molecule is COC(=O)C[C@@H](c1oc(CSc2ccccc2F)cc(=O)c1O)C(C)C. The Morgan fingerprint density at radius 1 is 1.35 bits per heavy atom. The summed E-state index contributed by atoms with van der Waals surface area (Å²) in [6, 6.07) is 7.48. The summed E-state index contributed by atoms with van der Waals surface area (Å²) in [6.07, 6.45) is -0.0193. The lowest BCUT2D eigenvalue weighted by atomic mass is 9.89. The minimum atomic E-state index is -0.592. The van der Waals surface area contributed by atoms with E-state index in [1.54, 1.807) is 18.2 Å². The number of benzene rings is 1. The second-order valence-corrected chi connectivity index (χ2v) is 7.16. The van der Waals surface area contributed by atoms with Crippen molar-refractivity contribution in [1.29, 1.82) is 0 Å². The first kappa shape index (κ1) is 20.0. The Hall–Kier alpha value is -2.28. The van der Waals surface area contributed by atoms with Gasteiger partial charge in [0.05, 0.1) is 19.3 Å². The number of hydrogen-bond acceptors (Lipinski definition) is 6. The van der Waals surface area contributed by atoms with E-state index in [9.17, 15) is 19.1 Å². The molecular weight excluding hydrogens is 359 g/mol. The third-order valence-corrected chi connectivity index (χ3v) is 5.03. The summed E-state index contributed by atoms with van der Waals surface area (Å²) in [5.74, 6) is -1.33. The smallest absolute Gasteiger partial charge is 0.306 e. The molecule has 0 aliphatic carbocycles. The van der Waals surface area contributed by atoms with E-state index in [1.165, 1.54) is 31.0 Å². The molecule has 7 heteroatoms. The molecule has 0 bridgehead atoms. The van der Waals surface area contributed by atoms with Gasteiger partial charge in [-0.2, -0.15) is 0 Å². The molecule has 5 nitrogen and oxygen atoms in total. The second-order valence-electron chi connectivity index (χ2n) is 6.14. The summed E-state index contributed by atoms with van der Waals surface area (Å²) < 4.78 is 24.1. The zero-order chi connectivity index (χ0) is 19.3. The molecule has 0 aliphatic rings. The third kappa shape index (κ3) is 4.88. The highest BCUT2D eigenvalue weighted by Gasteiger charge is 2.27. The zero-order valence-corrected chi connectivity index (χ0v) is 15.6. The number of hydrogen-bond donors (Lipinski definition) is 1. The summed E-state index contributed by atoms with van der Waals surface area (Å²) in [7, 11) is 1.28. The molecule has 1 aromatic heterocycles. The van der Waals surface area contributed by atoms with Crippen LogP contribution in [0, 0.1) is 11.7 Å². The van der Waals surface area contributed by atoms with Crippen molar-refractivity contribution in [3.05, 3.63) is 57.9 Å². The molecule has 1 N–H and O–H groups in total. The van der Waals surface area contributed by atoms with Gasteiger partial charge in [0.1, 0.15) is 11.6 Å². The number of aromatic hydroxyl groups is 1. The molecule has 0 saturated carbocycles. The van der Waals surface area contributed by atoms with Crippen LogP contribution < -0.4 is 5.43 Å². The maximum atomic E-state index is 13.7. The van der Waals surface area contributed by atoms with E-state index in [2.05, 4.69) is 4.74 Å². The zero-order valence-electron chi connectivity index (χ0n) is 14.8. The fourth-order valence-corrected chi connectivity index (χ4v) is 3.30. The van der Waals surface area contributed by atoms with Crippen molar-refractivity contribution in [2.45, 2.75) is 36.8 Å². The Morgan fingerprint density at radius 2 is 2.04 bits per heavy atom. The van der Waals surface area contributed by atoms with Crippen molar-refractivity contribution >= 4 is 17.7 Å². The molecule has 0 amide bonds. The molecule has 0 aliphatic heterocycles. The van der Waals surface area contributed by atoms with Crippen LogP contribution in [0.3, 0.4) is 0 Å². The van der Waals surface area contributed by atoms with Crippen molar-refractivity contribution < 1.29 is 23.4 Å². The van der Waals surface area contributed by atoms with Crippen molar-refractivity contribution in [3.63, 3.8) is 0 Å². The van der Waals surface area contributed by atoms with Gasteiger partial charge in [-0.15, -0.1) is 11.8 Å². The first-order valence-corrected chi connectivity index (χ1v) is 9.12. The van der Waals surface area contributed by atoms with Crippen LogP contribution >= 0.6 is 11.8 Å². The number of methoxy groups -OCH3 is 1. The van der Waals surface area contributed by atoms with Gasteiger partial charge in [0.2, 0.25) is 11.2 Å². The average molecular weight is 380 g/mol. The Labute approximate surface area is 155 Å². The van der Waals surface area contributed by atoms with Gasteiger partial charge >= 0.3 is 5.97 Å². The number of ether oxygens (including phenoxy) is 1. The number of carbonyl (C=O) groups is 1. The molecule has 1 aromatic carbocycles. The second kappa shape index (κ2) is 8.89. The van der Waals surface area contributed by atoms with Gasteiger partial charge in [0.15, 0.2) is 5.76 Å². The number of thioether (sulfide) groups is 1. The number of halogens is 1. The quantitative estimate of drug-likeness (QED) is 0.576. The normalized spacial score (nSPS) is 12.2. The first-order valence-electron chi connectivity index (χ1n) is 8.13. The largest absolute Gasteiger partial charge is 0.502 e. The number of esters is 1. The fourth-order valence-electron chi connectivity index (χ4n) is 2.48. The van der Waals surface area contributed by atoms with Gasteiger partial charge in [-0.1, -0.05) is 26.0 Å². The van der Waals surface area contributed by atoms with Crippen molar-refractivity contribution in [2.75, 3.05) is 7.11 Å². The van der Waals surface area contributed by atoms with Crippen LogP contribution in [-0.2, 0) is 15.3 Å². The van der Waals surface area contributed by atoms with Crippen molar-refractivity contribution in [1.82, 2.24) is 0 Å². The topological polar surface area (TPSA) is 76.7 Å². The van der Waals surface area contributed by atoms with Crippen LogP contribution in [0.4, 0.5) is 4.39 Å². The maximum absolute atomic E-state index is 13.7. The predicted octanol–water partition coefficient (Wildman–Crippen LogP) is 4.08. The van der Waals surface area contributed by atoms with Gasteiger partial charge in [-0.25, -0.2) is 4.39 Å². The Balaban J connectivity index is 2.31. The molecule has 140 valence electrons. The molecule has 1 heterocycles. The fraction of sp³-hybridized carbons (Fsp3) is 0.368. The summed E-state index contributed by atoms with van der Waals surface area (Å²) >= 11 is 1.18. The van der Waals surface area contributed by atoms with E-state index in [-0.39, 0.29) is 29.7 Å². The Kier molecular flexibility index (Phi) is 6.85. The molecule has 0 radical (unpaired) electrons. The van der Waals surface area contributed by atoms with E-state index in [0.717, 1.165) is 0 Å². The van der Waals surface area contributed by atoms with Crippen LogP contribution in [0.1, 0.15) is 37.7 Å². The maximum Gasteiger partial charge on any atom is 0.306 e. The summed E-state index contributed by atoms with van der Waals surface area (Å²) in [6.45, 7) is 3.71. The van der Waals surface area contributed by atoms with E-state index in [1.807, 2.05) is 13.8 Å². The summed E-state index contributed by atoms with van der Waals surface area (Å²) in [4.78, 5) is 24.2. The predicted molar refractivity (Wildman–Crippen MR) is 96.8 cm³/mol. The minimum absolute atomic E-state index is 0.0193. The third-order valence-electron chi connectivity index (χ3n) is 3.96. The molecule has 0 unspecified atom stereocenters. The highest BCUT2D eigenvalue weighted by Crippen LogP contribution is 2.34. The van der Waals surface area contributed by atoms with Gasteiger partial charge < -0.3 is 14.3 Å². The minimum Gasteiger partial charge on any atom is -0.502 e. The lowest BCUT2D eigenvalue weighted by Gasteiger charge is -2.20.